The molecular weight excluding hydrogens is 240 g/mol. The van der Waals surface area contributed by atoms with Gasteiger partial charge in [-0.2, -0.15) is 0 Å². The van der Waals surface area contributed by atoms with E-state index in [1.54, 1.807) is 6.08 Å². The lowest BCUT2D eigenvalue weighted by atomic mass is 9.90. The first-order valence-corrected chi connectivity index (χ1v) is 6.03. The minimum atomic E-state index is -1.16. The van der Waals surface area contributed by atoms with Crippen molar-refractivity contribution in [3.63, 3.8) is 0 Å². The summed E-state index contributed by atoms with van der Waals surface area (Å²) in [5.74, 6) is 1.98. The average Bonchev–Trinajstić information content (AvgIpc) is 2.46. The predicted molar refractivity (Wildman–Crippen MR) is 74.4 cm³/mol. The van der Waals surface area contributed by atoms with Crippen molar-refractivity contribution in [1.82, 2.24) is 0 Å². The normalized spacial score (nSPS) is 13.1. The van der Waals surface area contributed by atoms with Crippen molar-refractivity contribution in [3.05, 3.63) is 48.6 Å². The third-order valence-corrected chi connectivity index (χ3v) is 2.83. The van der Waals surface area contributed by atoms with Crippen LogP contribution in [0.4, 0.5) is 0 Å². The zero-order chi connectivity index (χ0) is 14.1. The summed E-state index contributed by atoms with van der Waals surface area (Å²) >= 11 is 0. The number of methoxy groups -OCH3 is 1. The quantitative estimate of drug-likeness (QED) is 0.326. The Morgan fingerprint density at radius 1 is 1.47 bits per heavy atom. The van der Waals surface area contributed by atoms with Crippen molar-refractivity contribution in [2.45, 2.75) is 18.4 Å². The summed E-state index contributed by atoms with van der Waals surface area (Å²) in [6, 6.07) is 9.23. The van der Waals surface area contributed by atoms with Gasteiger partial charge in [0, 0.05) is 20.0 Å². The number of carbonyl (C=O) groups excluding carboxylic acids is 1. The molecule has 0 N–H and O–H groups in total. The van der Waals surface area contributed by atoms with E-state index in [-0.39, 0.29) is 6.61 Å². The summed E-state index contributed by atoms with van der Waals surface area (Å²) in [5, 5.41) is 0. The van der Waals surface area contributed by atoms with Gasteiger partial charge in [-0.1, -0.05) is 36.4 Å². The number of ether oxygens (including phenoxy) is 2. The number of hydrogen-bond acceptors (Lipinski definition) is 3. The highest BCUT2D eigenvalue weighted by molar-refractivity contribution is 5.81. The maximum atomic E-state index is 12.3. The first-order chi connectivity index (χ1) is 9.21. The van der Waals surface area contributed by atoms with E-state index in [0.29, 0.717) is 12.8 Å². The van der Waals surface area contributed by atoms with Gasteiger partial charge in [0.05, 0.1) is 0 Å². The minimum absolute atomic E-state index is 0.185. The molecule has 3 nitrogen and oxygen atoms in total. The third-order valence-electron chi connectivity index (χ3n) is 2.83. The molecule has 0 heterocycles. The second-order valence-corrected chi connectivity index (χ2v) is 3.98. The SMILES string of the molecule is C#CCCOC(=O)C(CC=C)(OC)c1ccccc1. The molecule has 1 rings (SSSR count). The van der Waals surface area contributed by atoms with Crippen molar-refractivity contribution in [2.24, 2.45) is 0 Å². The van der Waals surface area contributed by atoms with E-state index in [0.717, 1.165) is 5.56 Å². The van der Waals surface area contributed by atoms with Crippen molar-refractivity contribution in [3.8, 4) is 12.3 Å². The second-order valence-electron chi connectivity index (χ2n) is 3.98. The molecule has 0 saturated heterocycles. The van der Waals surface area contributed by atoms with Crippen LogP contribution in [-0.2, 0) is 19.9 Å². The molecule has 1 aromatic rings. The van der Waals surface area contributed by atoms with E-state index in [4.69, 9.17) is 15.9 Å². The Labute approximate surface area is 114 Å². The van der Waals surface area contributed by atoms with Crippen LogP contribution in [0.1, 0.15) is 18.4 Å². The molecule has 3 heteroatoms. The zero-order valence-electron chi connectivity index (χ0n) is 11.1. The van der Waals surface area contributed by atoms with Gasteiger partial charge in [0.2, 0.25) is 0 Å². The van der Waals surface area contributed by atoms with Crippen molar-refractivity contribution in [2.75, 3.05) is 13.7 Å². The number of carbonyl (C=O) groups is 1. The average molecular weight is 258 g/mol. The maximum absolute atomic E-state index is 12.3. The summed E-state index contributed by atoms with van der Waals surface area (Å²) in [4.78, 5) is 12.3. The van der Waals surface area contributed by atoms with Crippen molar-refractivity contribution >= 4 is 5.97 Å². The van der Waals surface area contributed by atoms with Crippen LogP contribution in [0.25, 0.3) is 0 Å². The third kappa shape index (κ3) is 3.46. The summed E-state index contributed by atoms with van der Waals surface area (Å²) in [5.41, 5.74) is -0.416. The highest BCUT2D eigenvalue weighted by Gasteiger charge is 2.40. The molecule has 0 spiro atoms. The molecule has 0 aromatic heterocycles. The lowest BCUT2D eigenvalue weighted by Crippen LogP contribution is -2.39. The molecule has 100 valence electrons. The fraction of sp³-hybridized carbons (Fsp3) is 0.312. The standard InChI is InChI=1S/C16H18O3/c1-4-6-13-19-15(17)16(18-3,12-5-2)14-10-8-7-9-11-14/h1,5,7-11H,2,6,12-13H2,3H3. The first-order valence-electron chi connectivity index (χ1n) is 6.03. The molecule has 0 aliphatic carbocycles. The maximum Gasteiger partial charge on any atom is 0.343 e. The van der Waals surface area contributed by atoms with Gasteiger partial charge in [0.25, 0.3) is 0 Å². The molecule has 1 atom stereocenters. The van der Waals surface area contributed by atoms with Gasteiger partial charge >= 0.3 is 5.97 Å². The molecule has 0 radical (unpaired) electrons. The topological polar surface area (TPSA) is 35.5 Å². The lowest BCUT2D eigenvalue weighted by molar-refractivity contribution is -0.170. The van der Waals surface area contributed by atoms with E-state index in [1.165, 1.54) is 7.11 Å². The van der Waals surface area contributed by atoms with Crippen LogP contribution < -0.4 is 0 Å². The van der Waals surface area contributed by atoms with Gasteiger partial charge in [-0.15, -0.1) is 18.9 Å². The molecule has 0 aliphatic heterocycles. The van der Waals surface area contributed by atoms with Crippen LogP contribution in [0, 0.1) is 12.3 Å². The van der Waals surface area contributed by atoms with E-state index in [2.05, 4.69) is 12.5 Å². The van der Waals surface area contributed by atoms with Crippen molar-refractivity contribution < 1.29 is 14.3 Å². The van der Waals surface area contributed by atoms with Crippen LogP contribution in [0.5, 0.6) is 0 Å². The van der Waals surface area contributed by atoms with Gasteiger partial charge in [0.1, 0.15) is 6.61 Å². The van der Waals surface area contributed by atoms with Crippen LogP contribution in [0.15, 0.2) is 43.0 Å². The number of hydrogen-bond donors (Lipinski definition) is 0. The highest BCUT2D eigenvalue weighted by Crippen LogP contribution is 2.31. The molecule has 0 bridgehead atoms. The summed E-state index contributed by atoms with van der Waals surface area (Å²) in [6.07, 6.45) is 7.49. The Balaban J connectivity index is 3.02. The van der Waals surface area contributed by atoms with Crippen LogP contribution in [0.2, 0.25) is 0 Å². The number of terminal acetylenes is 1. The summed E-state index contributed by atoms with van der Waals surface area (Å²) < 4.78 is 10.7. The Morgan fingerprint density at radius 2 is 2.16 bits per heavy atom. The van der Waals surface area contributed by atoms with Crippen molar-refractivity contribution in [1.29, 1.82) is 0 Å². The zero-order valence-corrected chi connectivity index (χ0v) is 11.1. The smallest absolute Gasteiger partial charge is 0.343 e. The lowest BCUT2D eigenvalue weighted by Gasteiger charge is -2.29. The number of rotatable bonds is 7. The van der Waals surface area contributed by atoms with Gasteiger partial charge in [-0.3, -0.25) is 0 Å². The fourth-order valence-electron chi connectivity index (χ4n) is 1.83. The summed E-state index contributed by atoms with van der Waals surface area (Å²) in [7, 11) is 1.49. The van der Waals surface area contributed by atoms with Crippen LogP contribution in [0.3, 0.4) is 0 Å². The van der Waals surface area contributed by atoms with E-state index in [1.807, 2.05) is 30.3 Å². The molecule has 0 aliphatic rings. The first kappa shape index (κ1) is 15.0. The van der Waals surface area contributed by atoms with E-state index < -0.39 is 11.6 Å². The van der Waals surface area contributed by atoms with Gasteiger partial charge in [0.15, 0.2) is 5.60 Å². The Kier molecular flexibility index (Phi) is 5.84. The molecular formula is C16H18O3. The molecule has 1 unspecified atom stereocenters. The van der Waals surface area contributed by atoms with E-state index in [9.17, 15) is 4.79 Å². The second kappa shape index (κ2) is 7.40. The van der Waals surface area contributed by atoms with Crippen LogP contribution in [-0.4, -0.2) is 19.7 Å². The highest BCUT2D eigenvalue weighted by atomic mass is 16.6. The van der Waals surface area contributed by atoms with E-state index >= 15 is 0 Å². The molecule has 1 aromatic carbocycles. The Hall–Kier alpha value is -2.05. The summed E-state index contributed by atoms with van der Waals surface area (Å²) in [6.45, 7) is 3.86. The molecule has 0 fully saturated rings. The molecule has 0 amide bonds. The molecule has 19 heavy (non-hydrogen) atoms. The van der Waals surface area contributed by atoms with Gasteiger partial charge in [-0.25, -0.2) is 4.79 Å². The Bertz CT molecular complexity index is 459. The molecule has 0 saturated carbocycles. The number of esters is 1. The van der Waals surface area contributed by atoms with Crippen LogP contribution >= 0.6 is 0 Å². The predicted octanol–water partition coefficient (Wildman–Crippen LogP) is 2.67. The fourth-order valence-corrected chi connectivity index (χ4v) is 1.83. The van der Waals surface area contributed by atoms with Gasteiger partial charge < -0.3 is 9.47 Å². The van der Waals surface area contributed by atoms with Gasteiger partial charge in [-0.05, 0) is 5.56 Å². The Morgan fingerprint density at radius 3 is 2.68 bits per heavy atom. The number of benzene rings is 1. The largest absolute Gasteiger partial charge is 0.462 e. The monoisotopic (exact) mass is 258 g/mol. The minimum Gasteiger partial charge on any atom is -0.462 e.